The van der Waals surface area contributed by atoms with E-state index in [2.05, 4.69) is 126 Å². The monoisotopic (exact) mass is 412 g/mol. The first kappa shape index (κ1) is 23.3. The SMILES string of the molecule is CCC(C)CC(C)(CC(C)(CC(C)c1ccccc1)c1ccccc1)c1ccccc1. The van der Waals surface area contributed by atoms with Crippen LogP contribution >= 0.6 is 0 Å². The molecule has 0 bridgehead atoms. The second-order valence-electron chi connectivity index (χ2n) is 10.3. The van der Waals surface area contributed by atoms with Gasteiger partial charge in [-0.05, 0) is 58.6 Å². The molecule has 3 aromatic rings. The van der Waals surface area contributed by atoms with Crippen LogP contribution in [0.5, 0.6) is 0 Å². The molecule has 0 spiro atoms. The Balaban J connectivity index is 2.01. The lowest BCUT2D eigenvalue weighted by molar-refractivity contribution is 0.239. The number of hydrogen-bond donors (Lipinski definition) is 0. The molecule has 164 valence electrons. The molecule has 0 fully saturated rings. The molecule has 0 radical (unpaired) electrons. The third-order valence-corrected chi connectivity index (χ3v) is 7.34. The first-order valence-corrected chi connectivity index (χ1v) is 12.0. The van der Waals surface area contributed by atoms with Gasteiger partial charge >= 0.3 is 0 Å². The standard InChI is InChI=1S/C31H40/c1-6-25(2)22-30(4,28-18-12-8-13-19-28)24-31(5,29-20-14-9-15-21-29)23-26(3)27-16-10-7-11-17-27/h7-21,25-26H,6,22-24H2,1-5H3. The van der Waals surface area contributed by atoms with Crippen LogP contribution in [-0.2, 0) is 10.8 Å². The molecule has 0 heterocycles. The Hall–Kier alpha value is -2.34. The van der Waals surface area contributed by atoms with E-state index >= 15 is 0 Å². The van der Waals surface area contributed by atoms with Gasteiger partial charge in [0.05, 0.1) is 0 Å². The van der Waals surface area contributed by atoms with Crippen molar-refractivity contribution >= 4 is 0 Å². The Kier molecular flexibility index (Phi) is 7.76. The van der Waals surface area contributed by atoms with Gasteiger partial charge in [-0.3, -0.25) is 0 Å². The van der Waals surface area contributed by atoms with E-state index in [1.54, 1.807) is 0 Å². The van der Waals surface area contributed by atoms with Crippen LogP contribution < -0.4 is 0 Å². The average molecular weight is 413 g/mol. The van der Waals surface area contributed by atoms with Gasteiger partial charge in [0.2, 0.25) is 0 Å². The van der Waals surface area contributed by atoms with Crippen molar-refractivity contribution in [2.24, 2.45) is 5.92 Å². The fourth-order valence-electron chi connectivity index (χ4n) is 5.61. The second kappa shape index (κ2) is 10.3. The van der Waals surface area contributed by atoms with Gasteiger partial charge in [0.25, 0.3) is 0 Å². The van der Waals surface area contributed by atoms with Crippen LogP contribution in [0, 0.1) is 5.92 Å². The lowest BCUT2D eigenvalue weighted by Crippen LogP contribution is -2.36. The smallest absolute Gasteiger partial charge is 0.00612 e. The lowest BCUT2D eigenvalue weighted by atomic mass is 9.61. The van der Waals surface area contributed by atoms with Gasteiger partial charge in [-0.25, -0.2) is 0 Å². The largest absolute Gasteiger partial charge is 0.0651 e. The molecule has 0 aromatic heterocycles. The maximum atomic E-state index is 2.50. The summed E-state index contributed by atoms with van der Waals surface area (Å²) in [4.78, 5) is 0. The van der Waals surface area contributed by atoms with Gasteiger partial charge in [-0.15, -0.1) is 0 Å². The molecule has 0 aliphatic carbocycles. The average Bonchev–Trinajstić information content (AvgIpc) is 2.80. The zero-order valence-electron chi connectivity index (χ0n) is 20.1. The first-order chi connectivity index (χ1) is 14.9. The summed E-state index contributed by atoms with van der Waals surface area (Å²) in [5.41, 5.74) is 4.61. The highest BCUT2D eigenvalue weighted by atomic mass is 14.4. The molecular formula is C31H40. The number of benzene rings is 3. The third kappa shape index (κ3) is 5.88. The summed E-state index contributed by atoms with van der Waals surface area (Å²) in [6, 6.07) is 33.5. The zero-order valence-corrected chi connectivity index (χ0v) is 20.1. The van der Waals surface area contributed by atoms with Gasteiger partial charge < -0.3 is 0 Å². The molecule has 0 nitrogen and oxygen atoms in total. The van der Waals surface area contributed by atoms with E-state index in [0.29, 0.717) is 11.8 Å². The topological polar surface area (TPSA) is 0 Å². The summed E-state index contributed by atoms with van der Waals surface area (Å²) in [5, 5.41) is 0. The molecule has 4 atom stereocenters. The van der Waals surface area contributed by atoms with Crippen molar-refractivity contribution in [1.29, 1.82) is 0 Å². The summed E-state index contributed by atoms with van der Waals surface area (Å²) >= 11 is 0. The fraction of sp³-hybridized carbons (Fsp3) is 0.419. The Morgan fingerprint density at radius 2 is 1.03 bits per heavy atom. The van der Waals surface area contributed by atoms with Gasteiger partial charge in [0, 0.05) is 0 Å². The molecule has 0 saturated carbocycles. The maximum Gasteiger partial charge on any atom is -0.00612 e. The first-order valence-electron chi connectivity index (χ1n) is 12.0. The maximum absolute atomic E-state index is 2.50. The van der Waals surface area contributed by atoms with Crippen LogP contribution in [0.2, 0.25) is 0 Å². The highest BCUT2D eigenvalue weighted by Gasteiger charge is 2.39. The summed E-state index contributed by atoms with van der Waals surface area (Å²) < 4.78 is 0. The summed E-state index contributed by atoms with van der Waals surface area (Å²) in [5.74, 6) is 1.21. The predicted molar refractivity (Wildman–Crippen MR) is 136 cm³/mol. The molecular weight excluding hydrogens is 372 g/mol. The molecule has 0 aliphatic heterocycles. The molecule has 0 N–H and O–H groups in total. The van der Waals surface area contributed by atoms with Gasteiger partial charge in [0.15, 0.2) is 0 Å². The third-order valence-electron chi connectivity index (χ3n) is 7.34. The molecule has 4 unspecified atom stereocenters. The van der Waals surface area contributed by atoms with E-state index in [9.17, 15) is 0 Å². The summed E-state index contributed by atoms with van der Waals surface area (Å²) in [6.45, 7) is 12.1. The van der Waals surface area contributed by atoms with E-state index < -0.39 is 0 Å². The summed E-state index contributed by atoms with van der Waals surface area (Å²) in [6.07, 6.45) is 4.74. The van der Waals surface area contributed by atoms with Crippen LogP contribution in [0.3, 0.4) is 0 Å². The second-order valence-corrected chi connectivity index (χ2v) is 10.3. The molecule has 0 amide bonds. The molecule has 0 saturated heterocycles. The summed E-state index contributed by atoms with van der Waals surface area (Å²) in [7, 11) is 0. The molecule has 3 rings (SSSR count). The van der Waals surface area contributed by atoms with E-state index in [0.717, 1.165) is 12.8 Å². The molecule has 0 aliphatic rings. The Morgan fingerprint density at radius 1 is 0.613 bits per heavy atom. The van der Waals surface area contributed by atoms with Crippen molar-refractivity contribution in [2.45, 2.75) is 77.0 Å². The predicted octanol–water partition coefficient (Wildman–Crippen LogP) is 8.92. The van der Waals surface area contributed by atoms with Crippen molar-refractivity contribution in [1.82, 2.24) is 0 Å². The minimum absolute atomic E-state index is 0.0918. The van der Waals surface area contributed by atoms with Crippen LogP contribution in [0.25, 0.3) is 0 Å². The van der Waals surface area contributed by atoms with E-state index in [4.69, 9.17) is 0 Å². The minimum atomic E-state index is 0.0918. The number of rotatable bonds is 10. The van der Waals surface area contributed by atoms with Gasteiger partial charge in [0.1, 0.15) is 0 Å². The Labute approximate surface area is 190 Å². The van der Waals surface area contributed by atoms with Crippen LogP contribution in [0.4, 0.5) is 0 Å². The quantitative estimate of drug-likeness (QED) is 0.312. The lowest BCUT2D eigenvalue weighted by Gasteiger charge is -2.43. The normalized spacial score (nSPS) is 17.3. The van der Waals surface area contributed by atoms with Crippen molar-refractivity contribution < 1.29 is 0 Å². The number of hydrogen-bond acceptors (Lipinski definition) is 0. The van der Waals surface area contributed by atoms with Crippen LogP contribution in [0.1, 0.15) is 82.9 Å². The van der Waals surface area contributed by atoms with E-state index in [1.165, 1.54) is 29.5 Å². The minimum Gasteiger partial charge on any atom is -0.0651 e. The van der Waals surface area contributed by atoms with Gasteiger partial charge in [-0.2, -0.15) is 0 Å². The van der Waals surface area contributed by atoms with Crippen molar-refractivity contribution in [3.8, 4) is 0 Å². The van der Waals surface area contributed by atoms with Crippen molar-refractivity contribution in [3.05, 3.63) is 108 Å². The van der Waals surface area contributed by atoms with Crippen molar-refractivity contribution in [3.63, 3.8) is 0 Å². The van der Waals surface area contributed by atoms with E-state index in [1.807, 2.05) is 0 Å². The van der Waals surface area contributed by atoms with Gasteiger partial charge in [-0.1, -0.05) is 132 Å². The van der Waals surface area contributed by atoms with Crippen LogP contribution in [-0.4, -0.2) is 0 Å². The molecule has 0 heteroatoms. The zero-order chi connectivity index (χ0) is 22.3. The van der Waals surface area contributed by atoms with Crippen molar-refractivity contribution in [2.75, 3.05) is 0 Å². The van der Waals surface area contributed by atoms with E-state index in [-0.39, 0.29) is 10.8 Å². The Morgan fingerprint density at radius 3 is 1.48 bits per heavy atom. The Bertz CT molecular complexity index is 899. The highest BCUT2D eigenvalue weighted by Crippen LogP contribution is 2.47. The molecule has 3 aromatic carbocycles. The molecule has 31 heavy (non-hydrogen) atoms. The highest BCUT2D eigenvalue weighted by molar-refractivity contribution is 5.32. The fourth-order valence-corrected chi connectivity index (χ4v) is 5.61. The van der Waals surface area contributed by atoms with Crippen LogP contribution in [0.15, 0.2) is 91.0 Å².